The number of rotatable bonds is 6. The molecule has 1 aliphatic heterocycles. The molecule has 0 saturated carbocycles. The smallest absolute Gasteiger partial charge is 0.123 e. The number of aryl methyl sites for hydroxylation is 1. The van der Waals surface area contributed by atoms with Crippen LogP contribution in [0.5, 0.6) is 0 Å². The molecule has 1 saturated heterocycles. The normalized spacial score (nSPS) is 17.7. The summed E-state index contributed by atoms with van der Waals surface area (Å²) in [5.74, 6) is 1.38. The third-order valence-corrected chi connectivity index (χ3v) is 5.53. The molecule has 0 aliphatic carbocycles. The first-order chi connectivity index (χ1) is 13.7. The van der Waals surface area contributed by atoms with Crippen molar-refractivity contribution < 1.29 is 4.39 Å². The summed E-state index contributed by atoms with van der Waals surface area (Å²) in [6.45, 7) is 6.11. The third kappa shape index (κ3) is 4.47. The summed E-state index contributed by atoms with van der Waals surface area (Å²) in [4.78, 5) is 11.9. The Hall–Kier alpha value is -2.53. The lowest BCUT2D eigenvalue weighted by Crippen LogP contribution is -2.35. The second-order valence-electron chi connectivity index (χ2n) is 7.56. The van der Waals surface area contributed by atoms with Crippen LogP contribution in [0, 0.1) is 5.82 Å². The van der Waals surface area contributed by atoms with Crippen LogP contribution < -0.4 is 0 Å². The van der Waals surface area contributed by atoms with Gasteiger partial charge in [-0.1, -0.05) is 18.2 Å². The predicted octanol–water partition coefficient (Wildman–Crippen LogP) is 4.41. The van der Waals surface area contributed by atoms with E-state index in [2.05, 4.69) is 33.5 Å². The van der Waals surface area contributed by atoms with E-state index >= 15 is 0 Å². The fraction of sp³-hybridized carbons (Fsp3) is 0.391. The molecule has 1 aliphatic rings. The molecule has 0 amide bonds. The second kappa shape index (κ2) is 8.65. The monoisotopic (exact) mass is 378 g/mol. The van der Waals surface area contributed by atoms with Gasteiger partial charge in [-0.3, -0.25) is 9.88 Å². The maximum atomic E-state index is 13.5. The van der Waals surface area contributed by atoms with Gasteiger partial charge < -0.3 is 4.57 Å². The number of benzene rings is 1. The highest BCUT2D eigenvalue weighted by molar-refractivity contribution is 5.24. The van der Waals surface area contributed by atoms with Gasteiger partial charge in [0, 0.05) is 49.2 Å². The molecule has 146 valence electrons. The summed E-state index contributed by atoms with van der Waals surface area (Å²) in [5.41, 5.74) is 3.11. The van der Waals surface area contributed by atoms with Crippen molar-refractivity contribution in [3.63, 3.8) is 0 Å². The summed E-state index contributed by atoms with van der Waals surface area (Å²) >= 11 is 0. The summed E-state index contributed by atoms with van der Waals surface area (Å²) in [6, 6.07) is 13.0. The molecule has 0 N–H and O–H groups in total. The number of pyridine rings is 1. The number of nitrogens with zero attached hydrogens (tertiary/aromatic N) is 4. The van der Waals surface area contributed by atoms with Crippen molar-refractivity contribution in [2.45, 2.75) is 45.2 Å². The quantitative estimate of drug-likeness (QED) is 0.637. The third-order valence-electron chi connectivity index (χ3n) is 5.53. The molecule has 28 heavy (non-hydrogen) atoms. The van der Waals surface area contributed by atoms with E-state index in [0.717, 1.165) is 55.4 Å². The first-order valence-corrected chi connectivity index (χ1v) is 10.1. The van der Waals surface area contributed by atoms with E-state index < -0.39 is 0 Å². The molecular weight excluding hydrogens is 351 g/mol. The van der Waals surface area contributed by atoms with E-state index in [4.69, 9.17) is 4.98 Å². The molecule has 1 atom stereocenters. The van der Waals surface area contributed by atoms with Gasteiger partial charge >= 0.3 is 0 Å². The van der Waals surface area contributed by atoms with Gasteiger partial charge in [-0.25, -0.2) is 9.37 Å². The zero-order valence-corrected chi connectivity index (χ0v) is 16.4. The highest BCUT2D eigenvalue weighted by Gasteiger charge is 2.23. The van der Waals surface area contributed by atoms with Gasteiger partial charge in [-0.15, -0.1) is 0 Å². The molecule has 3 heterocycles. The Balaban J connectivity index is 1.45. The van der Waals surface area contributed by atoms with Crippen molar-refractivity contribution in [1.29, 1.82) is 0 Å². The van der Waals surface area contributed by atoms with Crippen molar-refractivity contribution in [2.24, 2.45) is 0 Å². The minimum absolute atomic E-state index is 0.193. The Bertz CT molecular complexity index is 920. The van der Waals surface area contributed by atoms with Crippen molar-refractivity contribution in [3.05, 3.63) is 83.5 Å². The van der Waals surface area contributed by atoms with E-state index in [1.54, 1.807) is 12.1 Å². The van der Waals surface area contributed by atoms with Gasteiger partial charge in [-0.2, -0.15) is 0 Å². The highest BCUT2D eigenvalue weighted by Crippen LogP contribution is 2.27. The van der Waals surface area contributed by atoms with Crippen molar-refractivity contribution in [3.8, 4) is 0 Å². The molecule has 3 aromatic rings. The van der Waals surface area contributed by atoms with E-state index in [0.29, 0.717) is 12.3 Å². The van der Waals surface area contributed by atoms with E-state index in [1.807, 2.05) is 24.5 Å². The van der Waals surface area contributed by atoms with Crippen LogP contribution in [-0.4, -0.2) is 32.5 Å². The number of likely N-dealkylation sites (tertiary alicyclic amines) is 1. The topological polar surface area (TPSA) is 34.0 Å². The zero-order chi connectivity index (χ0) is 19.3. The number of aromatic nitrogens is 3. The average molecular weight is 378 g/mol. The van der Waals surface area contributed by atoms with Crippen LogP contribution in [0.2, 0.25) is 0 Å². The summed E-state index contributed by atoms with van der Waals surface area (Å²) in [7, 11) is 0. The van der Waals surface area contributed by atoms with Crippen molar-refractivity contribution in [2.75, 3.05) is 13.1 Å². The Labute approximate surface area is 166 Å². The Morgan fingerprint density at radius 2 is 2.07 bits per heavy atom. The van der Waals surface area contributed by atoms with E-state index in [-0.39, 0.29) is 5.82 Å². The van der Waals surface area contributed by atoms with Crippen LogP contribution in [0.1, 0.15) is 48.5 Å². The number of imidazole rings is 1. The molecule has 0 radical (unpaired) electrons. The Morgan fingerprint density at radius 1 is 1.18 bits per heavy atom. The standard InChI is InChI=1S/C23H27FN4/c1-2-28-13-11-25-23(28)17-27-12-5-7-19(16-27)22-10-4-9-21(26-22)15-18-6-3-8-20(24)14-18/h3-4,6,8-11,13-14,19H,2,5,7,12,15-17H2,1H3. The zero-order valence-electron chi connectivity index (χ0n) is 16.4. The Morgan fingerprint density at radius 3 is 2.93 bits per heavy atom. The summed E-state index contributed by atoms with van der Waals surface area (Å²) in [5, 5.41) is 0. The lowest BCUT2D eigenvalue weighted by molar-refractivity contribution is 0.192. The first-order valence-electron chi connectivity index (χ1n) is 10.1. The minimum atomic E-state index is -0.193. The lowest BCUT2D eigenvalue weighted by atomic mass is 9.94. The summed E-state index contributed by atoms with van der Waals surface area (Å²) < 4.78 is 15.7. The largest absolute Gasteiger partial charge is 0.334 e. The first kappa shape index (κ1) is 18.8. The van der Waals surface area contributed by atoms with Crippen LogP contribution in [0.25, 0.3) is 0 Å². The molecule has 0 spiro atoms. The van der Waals surface area contributed by atoms with Crippen LogP contribution in [0.3, 0.4) is 0 Å². The number of hydrogen-bond acceptors (Lipinski definition) is 3. The van der Waals surface area contributed by atoms with Gasteiger partial charge in [0.05, 0.1) is 6.54 Å². The molecule has 4 rings (SSSR count). The molecule has 1 aromatic carbocycles. The fourth-order valence-corrected chi connectivity index (χ4v) is 4.10. The number of hydrogen-bond donors (Lipinski definition) is 0. The predicted molar refractivity (Wildman–Crippen MR) is 109 cm³/mol. The van der Waals surface area contributed by atoms with Gasteiger partial charge in [0.15, 0.2) is 0 Å². The van der Waals surface area contributed by atoms with Crippen LogP contribution >= 0.6 is 0 Å². The SMILES string of the molecule is CCn1ccnc1CN1CCCC(c2cccc(Cc3cccc(F)c3)n2)C1. The Kier molecular flexibility index (Phi) is 5.81. The molecule has 0 bridgehead atoms. The molecular formula is C23H27FN4. The minimum Gasteiger partial charge on any atom is -0.334 e. The van der Waals surface area contributed by atoms with Crippen LogP contribution in [0.15, 0.2) is 54.9 Å². The fourth-order valence-electron chi connectivity index (χ4n) is 4.10. The van der Waals surface area contributed by atoms with E-state index in [1.165, 1.54) is 12.5 Å². The highest BCUT2D eigenvalue weighted by atomic mass is 19.1. The lowest BCUT2D eigenvalue weighted by Gasteiger charge is -2.32. The van der Waals surface area contributed by atoms with Gasteiger partial charge in [0.1, 0.15) is 11.6 Å². The maximum absolute atomic E-state index is 13.5. The van der Waals surface area contributed by atoms with Gasteiger partial charge in [-0.05, 0) is 56.1 Å². The number of piperidine rings is 1. The maximum Gasteiger partial charge on any atom is 0.123 e. The molecule has 2 aromatic heterocycles. The van der Waals surface area contributed by atoms with E-state index in [9.17, 15) is 4.39 Å². The second-order valence-corrected chi connectivity index (χ2v) is 7.56. The van der Waals surface area contributed by atoms with Gasteiger partial charge in [0.25, 0.3) is 0 Å². The van der Waals surface area contributed by atoms with Gasteiger partial charge in [0.2, 0.25) is 0 Å². The average Bonchev–Trinajstić information content (AvgIpc) is 3.15. The summed E-state index contributed by atoms with van der Waals surface area (Å²) in [6.07, 6.45) is 6.93. The molecule has 1 unspecified atom stereocenters. The molecule has 5 heteroatoms. The number of halogens is 1. The van der Waals surface area contributed by atoms with Crippen molar-refractivity contribution in [1.82, 2.24) is 19.4 Å². The van der Waals surface area contributed by atoms with Crippen LogP contribution in [0.4, 0.5) is 4.39 Å². The van der Waals surface area contributed by atoms with Crippen molar-refractivity contribution >= 4 is 0 Å². The molecule has 4 nitrogen and oxygen atoms in total. The van der Waals surface area contributed by atoms with Crippen LogP contribution in [-0.2, 0) is 19.5 Å². The molecule has 1 fully saturated rings.